The number of rotatable bonds is 3. The summed E-state index contributed by atoms with van der Waals surface area (Å²) >= 11 is 1.75. The fourth-order valence-corrected chi connectivity index (χ4v) is 3.04. The third kappa shape index (κ3) is 2.28. The van der Waals surface area contributed by atoms with Gasteiger partial charge < -0.3 is 10.1 Å². The number of likely N-dealkylation sites (N-methyl/N-ethyl adjacent to an activating group) is 1. The summed E-state index contributed by atoms with van der Waals surface area (Å²) in [6.07, 6.45) is 4.43. The summed E-state index contributed by atoms with van der Waals surface area (Å²) in [6.45, 7) is 4.94. The topological polar surface area (TPSA) is 34.1 Å². The van der Waals surface area contributed by atoms with Gasteiger partial charge in [0, 0.05) is 0 Å². The molecule has 1 aliphatic heterocycles. The van der Waals surface area contributed by atoms with Gasteiger partial charge in [-0.1, -0.05) is 0 Å². The number of thiazole rings is 1. The molecule has 1 aromatic rings. The lowest BCUT2D eigenvalue weighted by atomic mass is 10.1. The van der Waals surface area contributed by atoms with E-state index >= 15 is 0 Å². The quantitative estimate of drug-likeness (QED) is 0.879. The normalized spacial score (nSPS) is 17.8. The standard InChI is InChI=1S/C12H18N2OS/c1-8-12(16-9(2)14-8)11(13-3)10-6-4-5-7-15-10/h6,11,13H,4-5,7H2,1-3H3. The highest BCUT2D eigenvalue weighted by Crippen LogP contribution is 2.31. The Labute approximate surface area is 101 Å². The Hall–Kier alpha value is -0.870. The highest BCUT2D eigenvalue weighted by Gasteiger charge is 2.22. The van der Waals surface area contributed by atoms with Crippen LogP contribution in [-0.2, 0) is 4.74 Å². The number of aromatic nitrogens is 1. The van der Waals surface area contributed by atoms with Crippen molar-refractivity contribution in [3.8, 4) is 0 Å². The van der Waals surface area contributed by atoms with Gasteiger partial charge in [0.1, 0.15) is 11.8 Å². The van der Waals surface area contributed by atoms with Gasteiger partial charge in [0.15, 0.2) is 0 Å². The molecule has 0 aromatic carbocycles. The van der Waals surface area contributed by atoms with E-state index in [0.29, 0.717) is 0 Å². The molecule has 4 heteroatoms. The molecule has 16 heavy (non-hydrogen) atoms. The Morgan fingerprint density at radius 1 is 1.50 bits per heavy atom. The predicted molar refractivity (Wildman–Crippen MR) is 66.7 cm³/mol. The lowest BCUT2D eigenvalue weighted by Gasteiger charge is -2.22. The summed E-state index contributed by atoms with van der Waals surface area (Å²) in [4.78, 5) is 5.74. The third-order valence-electron chi connectivity index (χ3n) is 2.74. The Morgan fingerprint density at radius 2 is 2.31 bits per heavy atom. The van der Waals surface area contributed by atoms with Gasteiger partial charge >= 0.3 is 0 Å². The second kappa shape index (κ2) is 4.97. The highest BCUT2D eigenvalue weighted by molar-refractivity contribution is 7.11. The van der Waals surface area contributed by atoms with Crippen LogP contribution in [0.25, 0.3) is 0 Å². The van der Waals surface area contributed by atoms with E-state index in [1.807, 2.05) is 14.0 Å². The van der Waals surface area contributed by atoms with Gasteiger partial charge in [0.25, 0.3) is 0 Å². The molecule has 3 nitrogen and oxygen atoms in total. The van der Waals surface area contributed by atoms with Crippen molar-refractivity contribution >= 4 is 11.3 Å². The molecule has 0 aliphatic carbocycles. The largest absolute Gasteiger partial charge is 0.496 e. The molecule has 1 N–H and O–H groups in total. The van der Waals surface area contributed by atoms with Crippen molar-refractivity contribution in [3.63, 3.8) is 0 Å². The van der Waals surface area contributed by atoms with Crippen LogP contribution < -0.4 is 5.32 Å². The number of aryl methyl sites for hydroxylation is 2. The van der Waals surface area contributed by atoms with E-state index in [1.54, 1.807) is 11.3 Å². The van der Waals surface area contributed by atoms with Crippen molar-refractivity contribution in [3.05, 3.63) is 27.4 Å². The molecule has 88 valence electrons. The van der Waals surface area contributed by atoms with Gasteiger partial charge in [-0.2, -0.15) is 0 Å². The monoisotopic (exact) mass is 238 g/mol. The average Bonchev–Trinajstić information content (AvgIpc) is 2.61. The molecule has 2 rings (SSSR count). The van der Waals surface area contributed by atoms with E-state index in [4.69, 9.17) is 4.74 Å². The molecule has 0 spiro atoms. The maximum atomic E-state index is 5.73. The summed E-state index contributed by atoms with van der Waals surface area (Å²) in [5, 5.41) is 4.43. The van der Waals surface area contributed by atoms with Crippen LogP contribution in [0.15, 0.2) is 11.8 Å². The third-order valence-corrected chi connectivity index (χ3v) is 3.88. The van der Waals surface area contributed by atoms with Gasteiger partial charge in [0.2, 0.25) is 0 Å². The molecule has 0 amide bonds. The van der Waals surface area contributed by atoms with Crippen molar-refractivity contribution in [1.29, 1.82) is 0 Å². The SMILES string of the molecule is CNC(C1=CCCCO1)c1sc(C)nc1C. The van der Waals surface area contributed by atoms with Crippen molar-refractivity contribution < 1.29 is 4.74 Å². The van der Waals surface area contributed by atoms with Crippen molar-refractivity contribution in [2.75, 3.05) is 13.7 Å². The lowest BCUT2D eigenvalue weighted by Crippen LogP contribution is -2.21. The Kier molecular flexibility index (Phi) is 3.61. The maximum absolute atomic E-state index is 5.73. The fourth-order valence-electron chi connectivity index (χ4n) is 2.00. The van der Waals surface area contributed by atoms with Crippen molar-refractivity contribution in [1.82, 2.24) is 10.3 Å². The molecule has 0 bridgehead atoms. The number of hydrogen-bond acceptors (Lipinski definition) is 4. The molecule has 0 saturated carbocycles. The van der Waals surface area contributed by atoms with Crippen LogP contribution in [0, 0.1) is 13.8 Å². The Morgan fingerprint density at radius 3 is 2.81 bits per heavy atom. The van der Waals surface area contributed by atoms with Crippen LogP contribution in [0.1, 0.15) is 34.5 Å². The molecule has 0 fully saturated rings. The van der Waals surface area contributed by atoms with Crippen LogP contribution in [-0.4, -0.2) is 18.6 Å². The summed E-state index contributed by atoms with van der Waals surface area (Å²) in [5.41, 5.74) is 1.11. The maximum Gasteiger partial charge on any atom is 0.114 e. The van der Waals surface area contributed by atoms with Crippen LogP contribution in [0.2, 0.25) is 0 Å². The first-order valence-corrected chi connectivity index (χ1v) is 6.48. The minimum atomic E-state index is 0.173. The van der Waals surface area contributed by atoms with Gasteiger partial charge in [-0.25, -0.2) is 4.98 Å². The van der Waals surface area contributed by atoms with Crippen LogP contribution >= 0.6 is 11.3 Å². The summed E-state index contributed by atoms with van der Waals surface area (Å²) in [6, 6.07) is 0.173. The first-order chi connectivity index (χ1) is 7.72. The molecule has 0 saturated heterocycles. The number of allylic oxidation sites excluding steroid dienone is 1. The smallest absolute Gasteiger partial charge is 0.114 e. The lowest BCUT2D eigenvalue weighted by molar-refractivity contribution is 0.170. The molecule has 1 aromatic heterocycles. The minimum Gasteiger partial charge on any atom is -0.496 e. The first kappa shape index (κ1) is 11.6. The van der Waals surface area contributed by atoms with Crippen LogP contribution in [0.5, 0.6) is 0 Å². The Bertz CT molecular complexity index is 398. The van der Waals surface area contributed by atoms with Gasteiger partial charge in [-0.05, 0) is 39.8 Å². The second-order valence-electron chi connectivity index (χ2n) is 4.00. The van der Waals surface area contributed by atoms with Crippen molar-refractivity contribution in [2.24, 2.45) is 0 Å². The molecule has 1 atom stereocenters. The van der Waals surface area contributed by atoms with Gasteiger partial charge in [-0.15, -0.1) is 11.3 Å². The number of ether oxygens (including phenoxy) is 1. The van der Waals surface area contributed by atoms with E-state index in [-0.39, 0.29) is 6.04 Å². The summed E-state index contributed by atoms with van der Waals surface area (Å²) in [7, 11) is 1.97. The molecule has 1 aliphatic rings. The summed E-state index contributed by atoms with van der Waals surface area (Å²) < 4.78 is 5.73. The zero-order valence-corrected chi connectivity index (χ0v) is 10.9. The second-order valence-corrected chi connectivity index (χ2v) is 5.24. The van der Waals surface area contributed by atoms with Crippen LogP contribution in [0.4, 0.5) is 0 Å². The zero-order chi connectivity index (χ0) is 11.5. The molecular weight excluding hydrogens is 220 g/mol. The van der Waals surface area contributed by atoms with E-state index in [0.717, 1.165) is 35.9 Å². The van der Waals surface area contributed by atoms with E-state index in [1.165, 1.54) is 4.88 Å². The van der Waals surface area contributed by atoms with E-state index < -0.39 is 0 Å². The zero-order valence-electron chi connectivity index (χ0n) is 10.0. The summed E-state index contributed by atoms with van der Waals surface area (Å²) in [5.74, 6) is 1.06. The molecule has 0 radical (unpaired) electrons. The molecular formula is C12H18N2OS. The van der Waals surface area contributed by atoms with Gasteiger partial charge in [-0.3, -0.25) is 0 Å². The number of nitrogens with zero attached hydrogens (tertiary/aromatic N) is 1. The fraction of sp³-hybridized carbons (Fsp3) is 0.583. The Balaban J connectivity index is 2.28. The number of hydrogen-bond donors (Lipinski definition) is 1. The van der Waals surface area contributed by atoms with E-state index in [2.05, 4.69) is 23.3 Å². The molecule has 1 unspecified atom stereocenters. The van der Waals surface area contributed by atoms with E-state index in [9.17, 15) is 0 Å². The van der Waals surface area contributed by atoms with Gasteiger partial charge in [0.05, 0.1) is 22.2 Å². The van der Waals surface area contributed by atoms with Crippen molar-refractivity contribution in [2.45, 2.75) is 32.7 Å². The minimum absolute atomic E-state index is 0.173. The van der Waals surface area contributed by atoms with Crippen LogP contribution in [0.3, 0.4) is 0 Å². The number of nitrogens with one attached hydrogen (secondary N) is 1. The average molecular weight is 238 g/mol. The molecule has 2 heterocycles. The predicted octanol–water partition coefficient (Wildman–Crippen LogP) is 2.71. The highest BCUT2D eigenvalue weighted by atomic mass is 32.1. The first-order valence-electron chi connectivity index (χ1n) is 5.66.